The average Bonchev–Trinajstić information content (AvgIpc) is 2.06. The predicted octanol–water partition coefficient (Wildman–Crippen LogP) is 1.28. The van der Waals surface area contributed by atoms with Gasteiger partial charge in [-0.2, -0.15) is 0 Å². The fraction of sp³-hybridized carbons (Fsp3) is 0.900. The highest BCUT2D eigenvalue weighted by Gasteiger charge is 2.14. The van der Waals surface area contributed by atoms with Crippen LogP contribution < -0.4 is 11.1 Å². The van der Waals surface area contributed by atoms with Gasteiger partial charge in [-0.15, -0.1) is 0 Å². The van der Waals surface area contributed by atoms with Gasteiger partial charge in [0.2, 0.25) is 5.91 Å². The van der Waals surface area contributed by atoms with Crippen LogP contribution in [0.25, 0.3) is 0 Å². The van der Waals surface area contributed by atoms with Gasteiger partial charge in [-0.1, -0.05) is 26.7 Å². The topological polar surface area (TPSA) is 55.1 Å². The third-order valence-electron chi connectivity index (χ3n) is 2.52. The van der Waals surface area contributed by atoms with Gasteiger partial charge >= 0.3 is 0 Å². The van der Waals surface area contributed by atoms with Gasteiger partial charge in [0.05, 0.1) is 0 Å². The molecule has 3 N–H and O–H groups in total. The van der Waals surface area contributed by atoms with E-state index in [1.165, 1.54) is 0 Å². The number of hydrogen-bond donors (Lipinski definition) is 2. The van der Waals surface area contributed by atoms with Crippen LogP contribution in [0.15, 0.2) is 0 Å². The van der Waals surface area contributed by atoms with Crippen molar-refractivity contribution >= 4 is 5.91 Å². The van der Waals surface area contributed by atoms with Gasteiger partial charge in [-0.25, -0.2) is 0 Å². The van der Waals surface area contributed by atoms with Gasteiger partial charge in [0.15, 0.2) is 0 Å². The predicted molar refractivity (Wildman–Crippen MR) is 55.3 cm³/mol. The van der Waals surface area contributed by atoms with Crippen LogP contribution in [-0.4, -0.2) is 18.5 Å². The van der Waals surface area contributed by atoms with E-state index in [1.54, 1.807) is 0 Å². The summed E-state index contributed by atoms with van der Waals surface area (Å²) >= 11 is 0. The van der Waals surface area contributed by atoms with Gasteiger partial charge < -0.3 is 11.1 Å². The van der Waals surface area contributed by atoms with Crippen molar-refractivity contribution in [3.05, 3.63) is 0 Å². The van der Waals surface area contributed by atoms with E-state index in [0.717, 1.165) is 12.8 Å². The van der Waals surface area contributed by atoms with Crippen LogP contribution in [0.1, 0.15) is 40.0 Å². The lowest BCUT2D eigenvalue weighted by molar-refractivity contribution is -0.121. The van der Waals surface area contributed by atoms with Crippen LogP contribution >= 0.6 is 0 Å². The molecular weight excluding hydrogens is 164 g/mol. The number of nitrogens with two attached hydrogens (primary N) is 1. The lowest BCUT2D eigenvalue weighted by atomic mass is 9.95. The Bertz CT molecular complexity index is 144. The molecule has 0 fully saturated rings. The molecule has 3 nitrogen and oxygen atoms in total. The molecule has 3 heteroatoms. The number of carbonyl (C=O) groups is 1. The minimum absolute atomic E-state index is 0.0712. The molecule has 0 heterocycles. The molecule has 78 valence electrons. The van der Waals surface area contributed by atoms with Crippen molar-refractivity contribution in [1.82, 2.24) is 5.32 Å². The Kier molecular flexibility index (Phi) is 6.59. The Morgan fingerprint density at radius 2 is 1.92 bits per heavy atom. The Morgan fingerprint density at radius 3 is 2.31 bits per heavy atom. The molecule has 0 saturated heterocycles. The fourth-order valence-corrected chi connectivity index (χ4v) is 1.57. The molecule has 0 aromatic carbocycles. The molecule has 1 amide bonds. The zero-order valence-corrected chi connectivity index (χ0v) is 8.97. The van der Waals surface area contributed by atoms with E-state index in [2.05, 4.69) is 26.1 Å². The molecule has 0 spiro atoms. The summed E-state index contributed by atoms with van der Waals surface area (Å²) in [6, 6.07) is 0.272. The van der Waals surface area contributed by atoms with Crippen LogP contribution in [0.3, 0.4) is 0 Å². The Morgan fingerprint density at radius 1 is 1.38 bits per heavy atom. The Hall–Kier alpha value is -0.570. The van der Waals surface area contributed by atoms with Gasteiger partial charge in [0.25, 0.3) is 0 Å². The maximum atomic E-state index is 11.2. The fourth-order valence-electron chi connectivity index (χ4n) is 1.57. The van der Waals surface area contributed by atoms with Crippen molar-refractivity contribution in [2.75, 3.05) is 6.54 Å². The van der Waals surface area contributed by atoms with Crippen molar-refractivity contribution in [3.8, 4) is 0 Å². The summed E-state index contributed by atoms with van der Waals surface area (Å²) in [5, 5.41) is 2.96. The molecule has 1 atom stereocenters. The first-order valence-corrected chi connectivity index (χ1v) is 5.15. The highest BCUT2D eigenvalue weighted by molar-refractivity contribution is 5.76. The summed E-state index contributed by atoms with van der Waals surface area (Å²) in [5.74, 6) is 0.656. The largest absolute Gasteiger partial charge is 0.353 e. The zero-order chi connectivity index (χ0) is 10.3. The number of rotatable bonds is 6. The first-order chi connectivity index (χ1) is 6.15. The zero-order valence-electron chi connectivity index (χ0n) is 8.97. The third-order valence-corrected chi connectivity index (χ3v) is 2.52. The minimum atomic E-state index is 0.0712. The van der Waals surface area contributed by atoms with E-state index in [9.17, 15) is 4.79 Å². The molecule has 0 aliphatic rings. The monoisotopic (exact) mass is 186 g/mol. The summed E-state index contributed by atoms with van der Waals surface area (Å²) in [6.07, 6.45) is 2.66. The van der Waals surface area contributed by atoms with Crippen LogP contribution in [0.2, 0.25) is 0 Å². The molecule has 0 saturated carbocycles. The van der Waals surface area contributed by atoms with E-state index in [0.29, 0.717) is 18.9 Å². The van der Waals surface area contributed by atoms with E-state index >= 15 is 0 Å². The van der Waals surface area contributed by atoms with E-state index in [4.69, 9.17) is 5.73 Å². The summed E-state index contributed by atoms with van der Waals surface area (Å²) in [5.41, 5.74) is 5.29. The molecule has 0 aromatic heterocycles. The van der Waals surface area contributed by atoms with Gasteiger partial charge in [0.1, 0.15) is 0 Å². The van der Waals surface area contributed by atoms with Crippen LogP contribution in [0.5, 0.6) is 0 Å². The SMILES string of the molecule is CCC(CC)C(C)NC(=O)CCN. The lowest BCUT2D eigenvalue weighted by Gasteiger charge is -2.22. The Balaban J connectivity index is 3.82. The molecule has 0 radical (unpaired) electrons. The average molecular weight is 186 g/mol. The maximum Gasteiger partial charge on any atom is 0.221 e. The number of carbonyl (C=O) groups excluding carboxylic acids is 1. The summed E-state index contributed by atoms with van der Waals surface area (Å²) in [7, 11) is 0. The molecule has 0 bridgehead atoms. The van der Waals surface area contributed by atoms with E-state index in [1.807, 2.05) is 0 Å². The second kappa shape index (κ2) is 6.89. The quantitative estimate of drug-likeness (QED) is 0.656. The van der Waals surface area contributed by atoms with Gasteiger partial charge in [-0.05, 0) is 12.8 Å². The highest BCUT2D eigenvalue weighted by Crippen LogP contribution is 2.12. The molecule has 0 rings (SSSR count). The molecule has 13 heavy (non-hydrogen) atoms. The maximum absolute atomic E-state index is 11.2. The normalized spacial score (nSPS) is 13.0. The van der Waals surface area contributed by atoms with Crippen molar-refractivity contribution < 1.29 is 4.79 Å². The van der Waals surface area contributed by atoms with Crippen molar-refractivity contribution in [2.45, 2.75) is 46.1 Å². The van der Waals surface area contributed by atoms with Crippen molar-refractivity contribution in [1.29, 1.82) is 0 Å². The van der Waals surface area contributed by atoms with Crippen LogP contribution in [-0.2, 0) is 4.79 Å². The second-order valence-corrected chi connectivity index (χ2v) is 3.47. The second-order valence-electron chi connectivity index (χ2n) is 3.47. The van der Waals surface area contributed by atoms with E-state index in [-0.39, 0.29) is 11.9 Å². The van der Waals surface area contributed by atoms with Crippen LogP contribution in [0, 0.1) is 5.92 Å². The number of amides is 1. The lowest BCUT2D eigenvalue weighted by Crippen LogP contribution is -2.38. The van der Waals surface area contributed by atoms with Crippen LogP contribution in [0.4, 0.5) is 0 Å². The molecule has 0 aromatic rings. The van der Waals surface area contributed by atoms with Gasteiger partial charge in [-0.3, -0.25) is 4.79 Å². The summed E-state index contributed by atoms with van der Waals surface area (Å²) < 4.78 is 0. The molecule has 0 aliphatic heterocycles. The minimum Gasteiger partial charge on any atom is -0.353 e. The highest BCUT2D eigenvalue weighted by atomic mass is 16.1. The first-order valence-electron chi connectivity index (χ1n) is 5.15. The number of hydrogen-bond acceptors (Lipinski definition) is 2. The smallest absolute Gasteiger partial charge is 0.221 e. The summed E-state index contributed by atoms with van der Waals surface area (Å²) in [6.45, 7) is 6.80. The van der Waals surface area contributed by atoms with E-state index < -0.39 is 0 Å². The third kappa shape index (κ3) is 4.88. The number of nitrogens with one attached hydrogen (secondary N) is 1. The standard InChI is InChI=1S/C10H22N2O/c1-4-9(5-2)8(3)12-10(13)6-7-11/h8-9H,4-7,11H2,1-3H3,(H,12,13). The Labute approximate surface area is 81.1 Å². The molecule has 1 unspecified atom stereocenters. The summed E-state index contributed by atoms with van der Waals surface area (Å²) in [4.78, 5) is 11.2. The molecule has 0 aliphatic carbocycles. The van der Waals surface area contributed by atoms with Crippen molar-refractivity contribution in [2.24, 2.45) is 11.7 Å². The van der Waals surface area contributed by atoms with Gasteiger partial charge in [0, 0.05) is 19.0 Å². The molecular formula is C10H22N2O. The first kappa shape index (κ1) is 12.4. The van der Waals surface area contributed by atoms with Crippen molar-refractivity contribution in [3.63, 3.8) is 0 Å².